The van der Waals surface area contributed by atoms with Crippen molar-refractivity contribution in [2.75, 3.05) is 0 Å². The first-order valence-electron chi connectivity index (χ1n) is 10.9. The lowest BCUT2D eigenvalue weighted by molar-refractivity contribution is 1.66. The van der Waals surface area contributed by atoms with Crippen LogP contribution >= 0.6 is 0 Å². The molecule has 0 saturated heterocycles. The van der Waals surface area contributed by atoms with Gasteiger partial charge in [-0.05, 0) is 55.6 Å². The highest BCUT2D eigenvalue weighted by atomic mass is 14.2. The van der Waals surface area contributed by atoms with Crippen LogP contribution in [0.5, 0.6) is 0 Å². The third kappa shape index (κ3) is 3.13. The summed E-state index contributed by atoms with van der Waals surface area (Å²) < 4.78 is 0. The highest BCUT2D eigenvalue weighted by molar-refractivity contribution is 6.16. The largest absolute Gasteiger partial charge is 0.0622 e. The molecule has 0 spiro atoms. The minimum Gasteiger partial charge on any atom is -0.0622 e. The molecule has 0 aromatic heterocycles. The van der Waals surface area contributed by atoms with E-state index in [-0.39, 0.29) is 0 Å². The van der Waals surface area contributed by atoms with Gasteiger partial charge in [0.2, 0.25) is 0 Å². The van der Waals surface area contributed by atoms with Crippen LogP contribution in [0.15, 0.2) is 121 Å². The normalized spacial score (nSPS) is 10.9. The van der Waals surface area contributed by atoms with Crippen molar-refractivity contribution in [2.45, 2.75) is 0 Å². The molecule has 6 rings (SSSR count). The van der Waals surface area contributed by atoms with Gasteiger partial charge in [0.15, 0.2) is 0 Å². The Balaban J connectivity index is 1.64. The van der Waals surface area contributed by atoms with E-state index in [9.17, 15) is 0 Å². The molecule has 0 unspecified atom stereocenters. The van der Waals surface area contributed by atoms with E-state index in [4.69, 9.17) is 0 Å². The molecule has 32 heavy (non-hydrogen) atoms. The molecule has 0 heterocycles. The molecule has 6 aromatic carbocycles. The average Bonchev–Trinajstić information content (AvgIpc) is 2.87. The van der Waals surface area contributed by atoms with Gasteiger partial charge in [0.05, 0.1) is 0 Å². The molecule has 0 aliphatic heterocycles. The predicted molar refractivity (Wildman–Crippen MR) is 137 cm³/mol. The average molecular weight is 405 g/mol. The molecule has 0 N–H and O–H groups in total. The highest BCUT2D eigenvalue weighted by Crippen LogP contribution is 2.38. The molecule has 148 valence electrons. The summed E-state index contributed by atoms with van der Waals surface area (Å²) in [5.74, 6) is 6.99. The quantitative estimate of drug-likeness (QED) is 0.191. The summed E-state index contributed by atoms with van der Waals surface area (Å²) in [5.41, 5.74) is 4.62. The lowest BCUT2D eigenvalue weighted by Gasteiger charge is -2.14. The van der Waals surface area contributed by atoms with E-state index in [1.165, 1.54) is 43.4 Å². The first-order chi connectivity index (χ1) is 15.9. The second-order valence-electron chi connectivity index (χ2n) is 8.02. The number of benzene rings is 6. The summed E-state index contributed by atoms with van der Waals surface area (Å²) in [4.78, 5) is 0. The van der Waals surface area contributed by atoms with Crippen molar-refractivity contribution in [1.29, 1.82) is 0 Å². The van der Waals surface area contributed by atoms with E-state index in [2.05, 4.69) is 133 Å². The molecule has 0 saturated carbocycles. The Hall–Kier alpha value is -4.34. The zero-order valence-corrected chi connectivity index (χ0v) is 17.5. The molecule has 0 aliphatic carbocycles. The van der Waals surface area contributed by atoms with Crippen LogP contribution in [0.1, 0.15) is 11.1 Å². The maximum atomic E-state index is 3.54. The summed E-state index contributed by atoms with van der Waals surface area (Å²) in [6.45, 7) is 0. The van der Waals surface area contributed by atoms with Gasteiger partial charge in [-0.3, -0.25) is 0 Å². The van der Waals surface area contributed by atoms with Gasteiger partial charge < -0.3 is 0 Å². The smallest absolute Gasteiger partial charge is 0.0406 e. The van der Waals surface area contributed by atoms with Gasteiger partial charge in [-0.2, -0.15) is 0 Å². The van der Waals surface area contributed by atoms with E-state index in [0.29, 0.717) is 0 Å². The summed E-state index contributed by atoms with van der Waals surface area (Å²) in [7, 11) is 0. The van der Waals surface area contributed by atoms with Crippen LogP contribution in [0.4, 0.5) is 0 Å². The maximum absolute atomic E-state index is 3.54. The molecular weight excluding hydrogens is 384 g/mol. The van der Waals surface area contributed by atoms with E-state index in [1.807, 2.05) is 0 Å². The van der Waals surface area contributed by atoms with Crippen LogP contribution in [-0.4, -0.2) is 0 Å². The minimum absolute atomic E-state index is 1.03. The van der Waals surface area contributed by atoms with Crippen LogP contribution in [0.25, 0.3) is 43.4 Å². The van der Waals surface area contributed by atoms with Gasteiger partial charge in [-0.15, -0.1) is 0 Å². The van der Waals surface area contributed by atoms with Crippen molar-refractivity contribution < 1.29 is 0 Å². The maximum Gasteiger partial charge on any atom is 0.0406 e. The minimum atomic E-state index is 1.03. The van der Waals surface area contributed by atoms with E-state index >= 15 is 0 Å². The van der Waals surface area contributed by atoms with Crippen LogP contribution in [0.3, 0.4) is 0 Å². The van der Waals surface area contributed by atoms with E-state index in [0.717, 1.165) is 11.1 Å². The second kappa shape index (κ2) is 7.73. The number of fused-ring (bicyclic) bond motifs is 3. The molecule has 6 aromatic rings. The Morgan fingerprint density at radius 3 is 1.66 bits per heavy atom. The van der Waals surface area contributed by atoms with Crippen molar-refractivity contribution in [1.82, 2.24) is 0 Å². The first kappa shape index (κ1) is 18.4. The molecule has 0 bridgehead atoms. The molecule has 0 fully saturated rings. The Morgan fingerprint density at radius 2 is 0.969 bits per heavy atom. The fourth-order valence-electron chi connectivity index (χ4n) is 4.58. The Kier molecular flexibility index (Phi) is 4.45. The van der Waals surface area contributed by atoms with Gasteiger partial charge >= 0.3 is 0 Å². The van der Waals surface area contributed by atoms with Gasteiger partial charge in [-0.1, -0.05) is 121 Å². The van der Waals surface area contributed by atoms with Gasteiger partial charge in [0.1, 0.15) is 0 Å². The molecule has 0 aliphatic rings. The molecule has 0 heteroatoms. The van der Waals surface area contributed by atoms with Crippen LogP contribution in [0.2, 0.25) is 0 Å². The summed E-state index contributed by atoms with van der Waals surface area (Å²) in [6, 6.07) is 42.7. The third-order valence-electron chi connectivity index (χ3n) is 6.08. The molecular formula is C32H20. The van der Waals surface area contributed by atoms with Crippen molar-refractivity contribution in [3.8, 4) is 23.0 Å². The van der Waals surface area contributed by atoms with Gasteiger partial charge in [0, 0.05) is 11.1 Å². The second-order valence-corrected chi connectivity index (χ2v) is 8.02. The van der Waals surface area contributed by atoms with Gasteiger partial charge in [0.25, 0.3) is 0 Å². The SMILES string of the molecule is C(#Cc1c2ccccc2c(-c2ccccc2)c2ccccc12)c1ccc2ccccc2c1. The zero-order chi connectivity index (χ0) is 21.3. The first-order valence-corrected chi connectivity index (χ1v) is 10.9. The number of hydrogen-bond donors (Lipinski definition) is 0. The number of rotatable bonds is 1. The van der Waals surface area contributed by atoms with Crippen molar-refractivity contribution in [3.63, 3.8) is 0 Å². The monoisotopic (exact) mass is 404 g/mol. The standard InChI is InChI=1S/C32H20/c1-2-11-25(12-3-1)32-30-16-8-6-14-27(30)29(28-15-7-9-17-31(28)32)21-19-23-18-20-24-10-4-5-13-26(24)22-23/h1-18,20,22H. The van der Waals surface area contributed by atoms with Crippen LogP contribution in [-0.2, 0) is 0 Å². The molecule has 0 radical (unpaired) electrons. The van der Waals surface area contributed by atoms with Crippen molar-refractivity contribution >= 4 is 32.3 Å². The summed E-state index contributed by atoms with van der Waals surface area (Å²) in [6.07, 6.45) is 0. The molecule has 0 nitrogen and oxygen atoms in total. The topological polar surface area (TPSA) is 0 Å². The van der Waals surface area contributed by atoms with Crippen molar-refractivity contribution in [2.24, 2.45) is 0 Å². The van der Waals surface area contributed by atoms with E-state index < -0.39 is 0 Å². The Bertz CT molecular complexity index is 1600. The lowest BCUT2D eigenvalue weighted by Crippen LogP contribution is -1.90. The lowest BCUT2D eigenvalue weighted by atomic mass is 9.88. The van der Waals surface area contributed by atoms with Crippen LogP contribution < -0.4 is 0 Å². The summed E-state index contributed by atoms with van der Waals surface area (Å²) in [5, 5.41) is 7.31. The Labute approximate surface area is 187 Å². The molecule has 0 atom stereocenters. The Morgan fingerprint density at radius 1 is 0.406 bits per heavy atom. The van der Waals surface area contributed by atoms with E-state index in [1.54, 1.807) is 0 Å². The number of hydrogen-bond acceptors (Lipinski definition) is 0. The highest BCUT2D eigenvalue weighted by Gasteiger charge is 2.13. The van der Waals surface area contributed by atoms with Gasteiger partial charge in [-0.25, -0.2) is 0 Å². The van der Waals surface area contributed by atoms with Crippen molar-refractivity contribution in [3.05, 3.63) is 132 Å². The third-order valence-corrected chi connectivity index (χ3v) is 6.08. The fourth-order valence-corrected chi connectivity index (χ4v) is 4.58. The molecule has 0 amide bonds. The predicted octanol–water partition coefficient (Wildman–Crippen LogP) is 8.21. The zero-order valence-electron chi connectivity index (χ0n) is 17.5. The summed E-state index contributed by atoms with van der Waals surface area (Å²) >= 11 is 0. The van der Waals surface area contributed by atoms with Crippen LogP contribution in [0, 0.1) is 11.8 Å². The fraction of sp³-hybridized carbons (Fsp3) is 0.